The summed E-state index contributed by atoms with van der Waals surface area (Å²) in [6.07, 6.45) is 1.51. The lowest BCUT2D eigenvalue weighted by molar-refractivity contribution is -0.158. The number of rotatable bonds is 3. The van der Waals surface area contributed by atoms with E-state index in [2.05, 4.69) is 6.58 Å². The van der Waals surface area contributed by atoms with E-state index in [0.717, 1.165) is 12.0 Å². The highest BCUT2D eigenvalue weighted by Crippen LogP contribution is 2.42. The van der Waals surface area contributed by atoms with Gasteiger partial charge in [0.25, 0.3) is 0 Å². The van der Waals surface area contributed by atoms with Crippen molar-refractivity contribution >= 4 is 5.97 Å². The molecule has 102 valence electrons. The third kappa shape index (κ3) is 2.75. The number of carbonyl (C=O) groups is 1. The van der Waals surface area contributed by atoms with Gasteiger partial charge in [0, 0.05) is 5.92 Å². The lowest BCUT2D eigenvalue weighted by Gasteiger charge is -2.24. The molecule has 0 bridgehead atoms. The third-order valence-electron chi connectivity index (χ3n) is 3.65. The van der Waals surface area contributed by atoms with Crippen LogP contribution >= 0.6 is 0 Å². The summed E-state index contributed by atoms with van der Waals surface area (Å²) in [6.45, 7) is 10.6. The van der Waals surface area contributed by atoms with Gasteiger partial charge in [0.15, 0.2) is 5.79 Å². The van der Waals surface area contributed by atoms with Crippen LogP contribution in [0.4, 0.5) is 0 Å². The minimum absolute atomic E-state index is 0.0337. The van der Waals surface area contributed by atoms with Crippen LogP contribution in [0.5, 0.6) is 0 Å². The number of hydrogen-bond donors (Lipinski definition) is 0. The Balaban J connectivity index is 2.06. The molecular weight excluding hydrogens is 232 g/mol. The Morgan fingerprint density at radius 1 is 1.50 bits per heavy atom. The summed E-state index contributed by atoms with van der Waals surface area (Å²) >= 11 is 0. The molecule has 4 heteroatoms. The maximum atomic E-state index is 12.0. The zero-order valence-corrected chi connectivity index (χ0v) is 11.4. The molecule has 1 saturated carbocycles. The molecule has 1 aliphatic carbocycles. The van der Waals surface area contributed by atoms with Crippen molar-refractivity contribution in [2.45, 2.75) is 45.5 Å². The molecule has 2 rings (SSSR count). The van der Waals surface area contributed by atoms with Crippen molar-refractivity contribution in [3.05, 3.63) is 12.2 Å². The predicted molar refractivity (Wildman–Crippen MR) is 66.9 cm³/mol. The van der Waals surface area contributed by atoms with E-state index >= 15 is 0 Å². The van der Waals surface area contributed by atoms with E-state index in [1.54, 1.807) is 0 Å². The molecule has 0 aromatic heterocycles. The number of ether oxygens (including phenoxy) is 3. The fraction of sp³-hybridized carbons (Fsp3) is 0.786. The molecule has 3 atom stereocenters. The van der Waals surface area contributed by atoms with Crippen LogP contribution < -0.4 is 0 Å². The van der Waals surface area contributed by atoms with Crippen LogP contribution in [0.2, 0.25) is 0 Å². The highest BCUT2D eigenvalue weighted by Gasteiger charge is 2.46. The normalized spacial score (nSPS) is 34.8. The largest absolute Gasteiger partial charge is 0.466 e. The van der Waals surface area contributed by atoms with Crippen LogP contribution in [-0.2, 0) is 19.0 Å². The van der Waals surface area contributed by atoms with Crippen molar-refractivity contribution in [1.82, 2.24) is 0 Å². The van der Waals surface area contributed by atoms with Gasteiger partial charge in [-0.15, -0.1) is 0 Å². The van der Waals surface area contributed by atoms with Crippen LogP contribution in [0.15, 0.2) is 12.2 Å². The molecule has 0 N–H and O–H groups in total. The van der Waals surface area contributed by atoms with Gasteiger partial charge < -0.3 is 14.2 Å². The van der Waals surface area contributed by atoms with Crippen LogP contribution in [0.1, 0.15) is 33.6 Å². The molecule has 1 aliphatic heterocycles. The Morgan fingerprint density at radius 3 is 2.78 bits per heavy atom. The summed E-state index contributed by atoms with van der Waals surface area (Å²) in [5, 5.41) is 0. The quantitative estimate of drug-likeness (QED) is 0.572. The first kappa shape index (κ1) is 13.6. The Labute approximate surface area is 108 Å². The van der Waals surface area contributed by atoms with Gasteiger partial charge >= 0.3 is 5.97 Å². The summed E-state index contributed by atoms with van der Waals surface area (Å²) in [4.78, 5) is 12.0. The lowest BCUT2D eigenvalue weighted by atomic mass is 9.91. The second-order valence-corrected chi connectivity index (χ2v) is 5.55. The summed E-state index contributed by atoms with van der Waals surface area (Å²) in [5.41, 5.74) is 1.10. The smallest absolute Gasteiger partial charge is 0.309 e. The maximum Gasteiger partial charge on any atom is 0.309 e. The Hall–Kier alpha value is -0.870. The second-order valence-electron chi connectivity index (χ2n) is 5.55. The Kier molecular flexibility index (Phi) is 3.78. The third-order valence-corrected chi connectivity index (χ3v) is 3.65. The summed E-state index contributed by atoms with van der Waals surface area (Å²) in [7, 11) is 0. The van der Waals surface area contributed by atoms with Gasteiger partial charge in [-0.25, -0.2) is 0 Å². The van der Waals surface area contributed by atoms with Gasteiger partial charge in [-0.1, -0.05) is 12.2 Å². The van der Waals surface area contributed by atoms with E-state index in [1.165, 1.54) is 0 Å². The molecule has 2 aliphatic rings. The summed E-state index contributed by atoms with van der Waals surface area (Å²) in [5.74, 6) is -0.666. The van der Waals surface area contributed by atoms with E-state index < -0.39 is 5.79 Å². The predicted octanol–water partition coefficient (Wildman–Crippen LogP) is 2.28. The molecule has 0 aromatic carbocycles. The first-order chi connectivity index (χ1) is 8.43. The topological polar surface area (TPSA) is 44.8 Å². The lowest BCUT2D eigenvalue weighted by Crippen LogP contribution is -2.33. The minimum atomic E-state index is -0.548. The average molecular weight is 254 g/mol. The first-order valence-electron chi connectivity index (χ1n) is 6.58. The summed E-state index contributed by atoms with van der Waals surface area (Å²) < 4.78 is 16.6. The molecule has 0 spiro atoms. The molecule has 0 radical (unpaired) electrons. The molecule has 0 unspecified atom stereocenters. The fourth-order valence-electron chi connectivity index (χ4n) is 2.85. The van der Waals surface area contributed by atoms with Gasteiger partial charge in [0.2, 0.25) is 0 Å². The van der Waals surface area contributed by atoms with Crippen molar-refractivity contribution in [2.24, 2.45) is 11.8 Å². The SMILES string of the molecule is C=C1C[C@H]([C@@H]2COC(C)(C)O2)[C@@H](C(=O)OCC)C1. The number of carbonyl (C=O) groups excluding carboxylic acids is 1. The molecular formula is C14H22O4. The molecule has 18 heavy (non-hydrogen) atoms. The highest BCUT2D eigenvalue weighted by atomic mass is 16.7. The van der Waals surface area contributed by atoms with Gasteiger partial charge in [-0.05, 0) is 33.6 Å². The van der Waals surface area contributed by atoms with E-state index in [1.807, 2.05) is 20.8 Å². The minimum Gasteiger partial charge on any atom is -0.466 e. The van der Waals surface area contributed by atoms with Crippen molar-refractivity contribution in [1.29, 1.82) is 0 Å². The molecule has 0 aromatic rings. The number of esters is 1. The van der Waals surface area contributed by atoms with Gasteiger partial charge in [0.1, 0.15) is 0 Å². The van der Waals surface area contributed by atoms with Crippen LogP contribution in [-0.4, -0.2) is 31.1 Å². The molecule has 1 saturated heterocycles. The summed E-state index contributed by atoms with van der Waals surface area (Å²) in [6, 6.07) is 0. The van der Waals surface area contributed by atoms with E-state index in [0.29, 0.717) is 19.6 Å². The zero-order valence-electron chi connectivity index (χ0n) is 11.4. The molecule has 0 amide bonds. The van der Waals surface area contributed by atoms with Crippen molar-refractivity contribution in [3.8, 4) is 0 Å². The number of hydrogen-bond acceptors (Lipinski definition) is 4. The van der Waals surface area contributed by atoms with Crippen LogP contribution in [0.25, 0.3) is 0 Å². The van der Waals surface area contributed by atoms with Gasteiger partial charge in [-0.2, -0.15) is 0 Å². The van der Waals surface area contributed by atoms with Crippen LogP contribution in [0, 0.1) is 11.8 Å². The highest BCUT2D eigenvalue weighted by molar-refractivity contribution is 5.74. The molecule has 4 nitrogen and oxygen atoms in total. The van der Waals surface area contributed by atoms with E-state index in [4.69, 9.17) is 14.2 Å². The fourth-order valence-corrected chi connectivity index (χ4v) is 2.85. The van der Waals surface area contributed by atoms with Crippen molar-refractivity contribution in [2.75, 3.05) is 13.2 Å². The van der Waals surface area contributed by atoms with Crippen LogP contribution in [0.3, 0.4) is 0 Å². The first-order valence-corrected chi connectivity index (χ1v) is 6.58. The van der Waals surface area contributed by atoms with Crippen molar-refractivity contribution in [3.63, 3.8) is 0 Å². The van der Waals surface area contributed by atoms with Gasteiger partial charge in [-0.3, -0.25) is 4.79 Å². The standard InChI is InChI=1S/C14H22O4/c1-5-16-13(15)11-7-9(2)6-10(11)12-8-17-14(3,4)18-12/h10-12H,2,5-8H2,1,3-4H3/t10-,11-,12-/m0/s1. The monoisotopic (exact) mass is 254 g/mol. The Bertz CT molecular complexity index is 348. The van der Waals surface area contributed by atoms with Crippen molar-refractivity contribution < 1.29 is 19.0 Å². The van der Waals surface area contributed by atoms with E-state index in [9.17, 15) is 4.79 Å². The molecule has 1 heterocycles. The van der Waals surface area contributed by atoms with Gasteiger partial charge in [0.05, 0.1) is 25.2 Å². The number of allylic oxidation sites excluding steroid dienone is 1. The molecule has 2 fully saturated rings. The Morgan fingerprint density at radius 2 is 2.22 bits per heavy atom. The second kappa shape index (κ2) is 5.02. The zero-order chi connectivity index (χ0) is 13.3. The van der Waals surface area contributed by atoms with E-state index in [-0.39, 0.29) is 23.9 Å². The average Bonchev–Trinajstić information content (AvgIpc) is 2.82. The maximum absolute atomic E-state index is 12.0.